The number of anilines is 1. The zero-order valence-corrected chi connectivity index (χ0v) is 15.4. The molecule has 0 aliphatic rings. The van der Waals surface area contributed by atoms with Crippen molar-refractivity contribution in [2.75, 3.05) is 11.9 Å². The van der Waals surface area contributed by atoms with Gasteiger partial charge >= 0.3 is 5.97 Å². The minimum absolute atomic E-state index is 0.196. The number of hydrogen-bond acceptors (Lipinski definition) is 3. The van der Waals surface area contributed by atoms with Crippen LogP contribution in [-0.2, 0) is 4.74 Å². The Balaban J connectivity index is 2.28. The van der Waals surface area contributed by atoms with Crippen molar-refractivity contribution < 1.29 is 14.3 Å². The molecule has 0 unspecified atom stereocenters. The number of ether oxygens (including phenoxy) is 1. The van der Waals surface area contributed by atoms with Crippen LogP contribution in [0.1, 0.15) is 38.8 Å². The van der Waals surface area contributed by atoms with Gasteiger partial charge in [-0.25, -0.2) is 4.79 Å². The highest BCUT2D eigenvalue weighted by atomic mass is 127. The molecular formula is C18H18INO3. The third-order valence-electron chi connectivity index (χ3n) is 3.45. The van der Waals surface area contributed by atoms with Gasteiger partial charge in [-0.3, -0.25) is 4.79 Å². The summed E-state index contributed by atoms with van der Waals surface area (Å²) in [5.41, 5.74) is 3.48. The van der Waals surface area contributed by atoms with Gasteiger partial charge in [-0.15, -0.1) is 0 Å². The van der Waals surface area contributed by atoms with Crippen LogP contribution in [0.3, 0.4) is 0 Å². The van der Waals surface area contributed by atoms with Crippen LogP contribution in [0, 0.1) is 17.4 Å². The number of rotatable bonds is 4. The van der Waals surface area contributed by atoms with E-state index in [1.54, 1.807) is 38.1 Å². The molecule has 0 atom stereocenters. The number of carbonyl (C=O) groups excluding carboxylic acids is 2. The van der Waals surface area contributed by atoms with Gasteiger partial charge in [-0.1, -0.05) is 17.7 Å². The quantitative estimate of drug-likeness (QED) is 0.588. The molecule has 0 aliphatic heterocycles. The maximum Gasteiger partial charge on any atom is 0.338 e. The second-order valence-electron chi connectivity index (χ2n) is 5.14. The fraction of sp³-hybridized carbons (Fsp3) is 0.222. The summed E-state index contributed by atoms with van der Waals surface area (Å²) in [7, 11) is 0. The molecule has 0 saturated heterocycles. The molecule has 1 N–H and O–H groups in total. The minimum Gasteiger partial charge on any atom is -0.462 e. The summed E-state index contributed by atoms with van der Waals surface area (Å²) in [6.07, 6.45) is 0. The molecule has 0 heterocycles. The molecule has 1 amide bonds. The molecule has 120 valence electrons. The lowest BCUT2D eigenvalue weighted by Gasteiger charge is -2.12. The SMILES string of the molecule is CCOC(=O)c1cccc(NC(=O)c2ccc(C)cc2I)c1C. The number of aryl methyl sites for hydroxylation is 1. The van der Waals surface area contributed by atoms with E-state index in [0.717, 1.165) is 9.13 Å². The average Bonchev–Trinajstić information content (AvgIpc) is 2.49. The highest BCUT2D eigenvalue weighted by Gasteiger charge is 2.15. The zero-order chi connectivity index (χ0) is 17.0. The molecule has 2 aromatic rings. The summed E-state index contributed by atoms with van der Waals surface area (Å²) in [6.45, 7) is 5.85. The van der Waals surface area contributed by atoms with Crippen molar-refractivity contribution >= 4 is 40.2 Å². The fourth-order valence-corrected chi connectivity index (χ4v) is 3.11. The monoisotopic (exact) mass is 423 g/mol. The number of esters is 1. The fourth-order valence-electron chi connectivity index (χ4n) is 2.19. The molecule has 2 aromatic carbocycles. The molecule has 2 rings (SSSR count). The van der Waals surface area contributed by atoms with E-state index in [1.165, 1.54) is 0 Å². The molecule has 0 fully saturated rings. The third kappa shape index (κ3) is 4.10. The smallest absolute Gasteiger partial charge is 0.338 e. The summed E-state index contributed by atoms with van der Waals surface area (Å²) in [4.78, 5) is 24.4. The molecule has 23 heavy (non-hydrogen) atoms. The Morgan fingerprint density at radius 2 is 1.87 bits per heavy atom. The molecule has 0 radical (unpaired) electrons. The van der Waals surface area contributed by atoms with Crippen molar-refractivity contribution in [2.24, 2.45) is 0 Å². The maximum atomic E-state index is 12.5. The Labute approximate surface area is 149 Å². The van der Waals surface area contributed by atoms with E-state index < -0.39 is 0 Å². The van der Waals surface area contributed by atoms with Gasteiger partial charge in [0.25, 0.3) is 5.91 Å². The summed E-state index contributed by atoms with van der Waals surface area (Å²) in [5, 5.41) is 2.87. The van der Waals surface area contributed by atoms with Crippen LogP contribution in [0.25, 0.3) is 0 Å². The van der Waals surface area contributed by atoms with Gasteiger partial charge in [0.1, 0.15) is 0 Å². The Hall–Kier alpha value is -1.89. The van der Waals surface area contributed by atoms with E-state index in [-0.39, 0.29) is 11.9 Å². The van der Waals surface area contributed by atoms with Gasteiger partial charge in [0.15, 0.2) is 0 Å². The van der Waals surface area contributed by atoms with Crippen LogP contribution in [0.5, 0.6) is 0 Å². The largest absolute Gasteiger partial charge is 0.462 e. The zero-order valence-electron chi connectivity index (χ0n) is 13.3. The lowest BCUT2D eigenvalue weighted by Crippen LogP contribution is -2.16. The van der Waals surface area contributed by atoms with E-state index in [1.807, 2.05) is 19.1 Å². The first kappa shape index (κ1) is 17.5. The highest BCUT2D eigenvalue weighted by molar-refractivity contribution is 14.1. The van der Waals surface area contributed by atoms with Gasteiger partial charge < -0.3 is 10.1 Å². The molecule has 0 aliphatic carbocycles. The van der Waals surface area contributed by atoms with Crippen molar-refractivity contribution in [2.45, 2.75) is 20.8 Å². The van der Waals surface area contributed by atoms with E-state index in [4.69, 9.17) is 4.74 Å². The molecule has 0 aromatic heterocycles. The van der Waals surface area contributed by atoms with E-state index >= 15 is 0 Å². The predicted molar refractivity (Wildman–Crippen MR) is 99.0 cm³/mol. The Morgan fingerprint density at radius 1 is 1.13 bits per heavy atom. The second-order valence-corrected chi connectivity index (χ2v) is 6.30. The van der Waals surface area contributed by atoms with Crippen molar-refractivity contribution in [3.63, 3.8) is 0 Å². The second kappa shape index (κ2) is 7.59. The number of halogens is 1. The normalized spacial score (nSPS) is 10.3. The van der Waals surface area contributed by atoms with E-state index in [2.05, 4.69) is 27.9 Å². The van der Waals surface area contributed by atoms with Crippen molar-refractivity contribution in [1.82, 2.24) is 0 Å². The lowest BCUT2D eigenvalue weighted by atomic mass is 10.1. The van der Waals surface area contributed by atoms with Crippen LogP contribution in [0.15, 0.2) is 36.4 Å². The third-order valence-corrected chi connectivity index (χ3v) is 4.34. The molecule has 0 spiro atoms. The van der Waals surface area contributed by atoms with Crippen LogP contribution >= 0.6 is 22.6 Å². The van der Waals surface area contributed by atoms with Gasteiger partial charge in [0.2, 0.25) is 0 Å². The lowest BCUT2D eigenvalue weighted by molar-refractivity contribution is 0.0525. The number of amides is 1. The highest BCUT2D eigenvalue weighted by Crippen LogP contribution is 2.22. The first-order chi connectivity index (χ1) is 10.9. The van der Waals surface area contributed by atoms with E-state index in [9.17, 15) is 9.59 Å². The Morgan fingerprint density at radius 3 is 2.52 bits per heavy atom. The van der Waals surface area contributed by atoms with Crippen LogP contribution in [0.4, 0.5) is 5.69 Å². The summed E-state index contributed by atoms with van der Waals surface area (Å²) < 4.78 is 5.92. The van der Waals surface area contributed by atoms with Gasteiger partial charge in [-0.05, 0) is 73.2 Å². The molecular weight excluding hydrogens is 405 g/mol. The number of nitrogens with one attached hydrogen (secondary N) is 1. The first-order valence-corrected chi connectivity index (χ1v) is 8.36. The molecule has 4 nitrogen and oxygen atoms in total. The van der Waals surface area contributed by atoms with Crippen molar-refractivity contribution in [1.29, 1.82) is 0 Å². The van der Waals surface area contributed by atoms with Crippen LogP contribution in [0.2, 0.25) is 0 Å². The Bertz CT molecular complexity index is 756. The van der Waals surface area contributed by atoms with Crippen LogP contribution in [-0.4, -0.2) is 18.5 Å². The molecule has 5 heteroatoms. The average molecular weight is 423 g/mol. The number of benzene rings is 2. The van der Waals surface area contributed by atoms with Crippen LogP contribution < -0.4 is 5.32 Å². The maximum absolute atomic E-state index is 12.5. The molecule has 0 bridgehead atoms. The van der Waals surface area contributed by atoms with Gasteiger partial charge in [0.05, 0.1) is 17.7 Å². The number of carbonyl (C=O) groups is 2. The number of hydrogen-bond donors (Lipinski definition) is 1. The van der Waals surface area contributed by atoms with Crippen molar-refractivity contribution in [3.05, 3.63) is 62.2 Å². The summed E-state index contributed by atoms with van der Waals surface area (Å²) >= 11 is 2.15. The van der Waals surface area contributed by atoms with Gasteiger partial charge in [0, 0.05) is 9.26 Å². The van der Waals surface area contributed by atoms with E-state index in [0.29, 0.717) is 29.0 Å². The van der Waals surface area contributed by atoms with Gasteiger partial charge in [-0.2, -0.15) is 0 Å². The first-order valence-electron chi connectivity index (χ1n) is 7.28. The standard InChI is InChI=1S/C18H18INO3/c1-4-23-18(22)13-6-5-7-16(12(13)3)20-17(21)14-9-8-11(2)10-15(14)19/h5-10H,4H2,1-3H3,(H,20,21). The summed E-state index contributed by atoms with van der Waals surface area (Å²) in [5.74, 6) is -0.579. The Kier molecular flexibility index (Phi) is 5.76. The minimum atomic E-state index is -0.383. The topological polar surface area (TPSA) is 55.4 Å². The summed E-state index contributed by atoms with van der Waals surface area (Å²) in [6, 6.07) is 10.9. The predicted octanol–water partition coefficient (Wildman–Crippen LogP) is 4.34. The molecule has 0 saturated carbocycles. The van der Waals surface area contributed by atoms with Crippen molar-refractivity contribution in [3.8, 4) is 0 Å².